The van der Waals surface area contributed by atoms with Gasteiger partial charge in [0.1, 0.15) is 11.6 Å². The molecule has 2 N–H and O–H groups in total. The minimum Gasteiger partial charge on any atom is -0.464 e. The standard InChI is InChI=1S/C11H21NO5/c1-5-16-9(14)8(6-7-13)12-10(15)17-11(2,3)4/h8,13H,5-7H2,1-4H3,(H,12,15)/t8-/m0/s1. The largest absolute Gasteiger partial charge is 0.464 e. The zero-order valence-electron chi connectivity index (χ0n) is 10.8. The first-order valence-electron chi connectivity index (χ1n) is 5.57. The van der Waals surface area contributed by atoms with E-state index in [0.29, 0.717) is 0 Å². The fourth-order valence-corrected chi connectivity index (χ4v) is 1.07. The summed E-state index contributed by atoms with van der Waals surface area (Å²) in [6.45, 7) is 6.82. The van der Waals surface area contributed by atoms with Gasteiger partial charge in [0, 0.05) is 13.0 Å². The van der Waals surface area contributed by atoms with E-state index in [0.717, 1.165) is 0 Å². The lowest BCUT2D eigenvalue weighted by Crippen LogP contribution is -2.44. The monoisotopic (exact) mass is 247 g/mol. The number of hydrogen-bond acceptors (Lipinski definition) is 5. The molecule has 0 aliphatic heterocycles. The van der Waals surface area contributed by atoms with Gasteiger partial charge in [-0.3, -0.25) is 0 Å². The molecule has 0 bridgehead atoms. The minimum atomic E-state index is -0.880. The summed E-state index contributed by atoms with van der Waals surface area (Å²) in [6, 6.07) is -0.880. The molecule has 6 nitrogen and oxygen atoms in total. The molecule has 0 aromatic rings. The smallest absolute Gasteiger partial charge is 0.408 e. The Labute approximate surface area is 101 Å². The van der Waals surface area contributed by atoms with E-state index in [1.165, 1.54) is 0 Å². The van der Waals surface area contributed by atoms with Crippen LogP contribution in [0.15, 0.2) is 0 Å². The molecule has 100 valence electrons. The Morgan fingerprint density at radius 1 is 1.35 bits per heavy atom. The summed E-state index contributed by atoms with van der Waals surface area (Å²) in [7, 11) is 0. The Morgan fingerprint density at radius 3 is 2.35 bits per heavy atom. The van der Waals surface area contributed by atoms with E-state index in [2.05, 4.69) is 5.32 Å². The van der Waals surface area contributed by atoms with E-state index >= 15 is 0 Å². The molecule has 0 radical (unpaired) electrons. The SMILES string of the molecule is CCOC(=O)[C@H](CCO)NC(=O)OC(C)(C)C. The van der Waals surface area contributed by atoms with Crippen molar-refractivity contribution in [3.63, 3.8) is 0 Å². The van der Waals surface area contributed by atoms with Crippen molar-refractivity contribution in [2.45, 2.75) is 45.8 Å². The third kappa shape index (κ3) is 7.57. The second-order valence-corrected chi connectivity index (χ2v) is 4.46. The first-order valence-corrected chi connectivity index (χ1v) is 5.57. The van der Waals surface area contributed by atoms with Crippen molar-refractivity contribution in [3.05, 3.63) is 0 Å². The molecule has 6 heteroatoms. The molecule has 0 fully saturated rings. The van der Waals surface area contributed by atoms with Gasteiger partial charge < -0.3 is 19.9 Å². The van der Waals surface area contributed by atoms with Crippen LogP contribution in [0.1, 0.15) is 34.1 Å². The zero-order chi connectivity index (χ0) is 13.5. The number of alkyl carbamates (subject to hydrolysis) is 1. The van der Waals surface area contributed by atoms with Crippen LogP contribution in [0.4, 0.5) is 4.79 Å². The van der Waals surface area contributed by atoms with E-state index in [1.807, 2.05) is 0 Å². The summed E-state index contributed by atoms with van der Waals surface area (Å²) >= 11 is 0. The summed E-state index contributed by atoms with van der Waals surface area (Å²) in [6.07, 6.45) is -0.609. The Bertz CT molecular complexity index is 259. The quantitative estimate of drug-likeness (QED) is 0.703. The summed E-state index contributed by atoms with van der Waals surface area (Å²) in [4.78, 5) is 22.9. The molecule has 0 spiro atoms. The number of ether oxygens (including phenoxy) is 2. The molecule has 1 amide bonds. The lowest BCUT2D eigenvalue weighted by Gasteiger charge is -2.22. The average Bonchev–Trinajstić information content (AvgIpc) is 2.14. The molecule has 0 rings (SSSR count). The molecule has 0 heterocycles. The molecule has 0 unspecified atom stereocenters. The second kappa shape index (κ2) is 7.11. The van der Waals surface area contributed by atoms with Gasteiger partial charge >= 0.3 is 12.1 Å². The summed E-state index contributed by atoms with van der Waals surface area (Å²) in [5, 5.41) is 11.2. The zero-order valence-corrected chi connectivity index (χ0v) is 10.8. The first-order chi connectivity index (χ1) is 7.80. The molecule has 17 heavy (non-hydrogen) atoms. The van der Waals surface area contributed by atoms with Gasteiger partial charge in [0.2, 0.25) is 0 Å². The van der Waals surface area contributed by atoms with Crippen LogP contribution in [0.5, 0.6) is 0 Å². The number of aliphatic hydroxyl groups is 1. The fraction of sp³-hybridized carbons (Fsp3) is 0.818. The van der Waals surface area contributed by atoms with E-state index in [9.17, 15) is 9.59 Å². The van der Waals surface area contributed by atoms with Gasteiger partial charge in [-0.1, -0.05) is 0 Å². The molecular formula is C11H21NO5. The highest BCUT2D eigenvalue weighted by Gasteiger charge is 2.24. The second-order valence-electron chi connectivity index (χ2n) is 4.46. The van der Waals surface area contributed by atoms with Crippen molar-refractivity contribution >= 4 is 12.1 Å². The van der Waals surface area contributed by atoms with Gasteiger partial charge in [-0.2, -0.15) is 0 Å². The molecular weight excluding hydrogens is 226 g/mol. The van der Waals surface area contributed by atoms with Crippen LogP contribution in [0, 0.1) is 0 Å². The number of esters is 1. The normalized spacial score (nSPS) is 12.8. The van der Waals surface area contributed by atoms with Crippen molar-refractivity contribution in [2.75, 3.05) is 13.2 Å². The maximum atomic E-state index is 11.4. The van der Waals surface area contributed by atoms with Crippen LogP contribution in [0.3, 0.4) is 0 Å². The summed E-state index contributed by atoms with van der Waals surface area (Å²) < 4.78 is 9.77. The maximum absolute atomic E-state index is 11.4. The van der Waals surface area contributed by atoms with Gasteiger partial charge in [-0.15, -0.1) is 0 Å². The minimum absolute atomic E-state index is 0.0953. The van der Waals surface area contributed by atoms with Crippen LogP contribution < -0.4 is 5.32 Å². The third-order valence-electron chi connectivity index (χ3n) is 1.68. The van der Waals surface area contributed by atoms with Gasteiger partial charge in [0.15, 0.2) is 0 Å². The van der Waals surface area contributed by atoms with Crippen molar-refractivity contribution < 1.29 is 24.2 Å². The highest BCUT2D eigenvalue weighted by molar-refractivity contribution is 5.81. The van der Waals surface area contributed by atoms with Crippen molar-refractivity contribution in [2.24, 2.45) is 0 Å². The van der Waals surface area contributed by atoms with Crippen molar-refractivity contribution in [1.29, 1.82) is 0 Å². The van der Waals surface area contributed by atoms with Crippen LogP contribution in [0.25, 0.3) is 0 Å². The highest BCUT2D eigenvalue weighted by Crippen LogP contribution is 2.07. The highest BCUT2D eigenvalue weighted by atomic mass is 16.6. The topological polar surface area (TPSA) is 84.9 Å². The van der Waals surface area contributed by atoms with Crippen LogP contribution in [0.2, 0.25) is 0 Å². The van der Waals surface area contributed by atoms with E-state index in [4.69, 9.17) is 14.6 Å². The van der Waals surface area contributed by atoms with Crippen LogP contribution in [-0.2, 0) is 14.3 Å². The molecule has 0 aliphatic rings. The van der Waals surface area contributed by atoms with Crippen molar-refractivity contribution in [3.8, 4) is 0 Å². The van der Waals surface area contributed by atoms with E-state index in [1.54, 1.807) is 27.7 Å². The van der Waals surface area contributed by atoms with Gasteiger partial charge in [0.05, 0.1) is 6.61 Å². The van der Waals surface area contributed by atoms with Gasteiger partial charge in [-0.25, -0.2) is 9.59 Å². The molecule has 1 atom stereocenters. The average molecular weight is 247 g/mol. The maximum Gasteiger partial charge on any atom is 0.408 e. The lowest BCUT2D eigenvalue weighted by atomic mass is 10.2. The Kier molecular flexibility index (Phi) is 6.57. The predicted octanol–water partition coefficient (Wildman–Crippen LogP) is 0.825. The van der Waals surface area contributed by atoms with Gasteiger partial charge in [0.25, 0.3) is 0 Å². The Hall–Kier alpha value is -1.30. The van der Waals surface area contributed by atoms with E-state index < -0.39 is 23.7 Å². The molecule has 0 aromatic carbocycles. The number of amides is 1. The first kappa shape index (κ1) is 15.7. The van der Waals surface area contributed by atoms with Gasteiger partial charge in [-0.05, 0) is 27.7 Å². The number of aliphatic hydroxyl groups excluding tert-OH is 1. The fourth-order valence-electron chi connectivity index (χ4n) is 1.07. The number of carbonyl (C=O) groups excluding carboxylic acids is 2. The molecule has 0 saturated carbocycles. The van der Waals surface area contributed by atoms with Crippen LogP contribution >= 0.6 is 0 Å². The molecule has 0 saturated heterocycles. The number of carbonyl (C=O) groups is 2. The Morgan fingerprint density at radius 2 is 1.94 bits per heavy atom. The lowest BCUT2D eigenvalue weighted by molar-refractivity contribution is -0.146. The number of hydrogen-bond donors (Lipinski definition) is 2. The summed E-state index contributed by atoms with van der Waals surface area (Å²) in [5.74, 6) is -0.576. The van der Waals surface area contributed by atoms with Crippen molar-refractivity contribution in [1.82, 2.24) is 5.32 Å². The molecule has 0 aliphatic carbocycles. The predicted molar refractivity (Wildman–Crippen MR) is 61.5 cm³/mol. The third-order valence-corrected chi connectivity index (χ3v) is 1.68. The van der Waals surface area contributed by atoms with Crippen LogP contribution in [-0.4, -0.2) is 42.0 Å². The Balaban J connectivity index is 4.34. The number of rotatable bonds is 5. The summed E-state index contributed by atoms with van der Waals surface area (Å²) in [5.41, 5.74) is -0.636. The molecule has 0 aromatic heterocycles. The number of nitrogens with one attached hydrogen (secondary N) is 1. The van der Waals surface area contributed by atoms with E-state index in [-0.39, 0.29) is 19.6 Å².